The summed E-state index contributed by atoms with van der Waals surface area (Å²) in [5.74, 6) is -0.678. The maximum atomic E-state index is 12.6. The zero-order chi connectivity index (χ0) is 18.4. The number of nitrogens with zero attached hydrogens (tertiary/aromatic N) is 1. The molecule has 1 amide bonds. The van der Waals surface area contributed by atoms with Crippen LogP contribution in [0.25, 0.3) is 0 Å². The van der Waals surface area contributed by atoms with Gasteiger partial charge in [-0.1, -0.05) is 0 Å². The lowest BCUT2D eigenvalue weighted by Crippen LogP contribution is -2.35. The number of halogens is 3. The van der Waals surface area contributed by atoms with Crippen molar-refractivity contribution in [2.75, 3.05) is 19.7 Å². The summed E-state index contributed by atoms with van der Waals surface area (Å²) < 4.78 is 45.2. The van der Waals surface area contributed by atoms with Crippen LogP contribution in [0.3, 0.4) is 0 Å². The molecular weight excluding hydrogens is 339 g/mol. The summed E-state index contributed by atoms with van der Waals surface area (Å²) in [5.41, 5.74) is 0.249. The van der Waals surface area contributed by atoms with Gasteiger partial charge >= 0.3 is 12.3 Å². The van der Waals surface area contributed by atoms with E-state index >= 15 is 0 Å². The van der Waals surface area contributed by atoms with Gasteiger partial charge in [0.05, 0.1) is 13.0 Å². The third kappa shape index (κ3) is 6.64. The van der Waals surface area contributed by atoms with Crippen LogP contribution in [0.4, 0.5) is 13.2 Å². The maximum absolute atomic E-state index is 12.6. The molecule has 1 fully saturated rings. The average Bonchev–Trinajstić information content (AvgIpc) is 3.34. The van der Waals surface area contributed by atoms with E-state index in [-0.39, 0.29) is 42.8 Å². The fraction of sp³-hybridized carbons (Fsp3) is 0.529. The topological polar surface area (TPSA) is 55.8 Å². The first-order valence-corrected chi connectivity index (χ1v) is 8.09. The van der Waals surface area contributed by atoms with E-state index in [4.69, 9.17) is 4.74 Å². The van der Waals surface area contributed by atoms with Crippen molar-refractivity contribution in [3.63, 3.8) is 0 Å². The van der Waals surface area contributed by atoms with E-state index in [0.717, 1.165) is 25.0 Å². The Labute approximate surface area is 143 Å². The van der Waals surface area contributed by atoms with Gasteiger partial charge in [-0.05, 0) is 49.9 Å². The molecule has 0 bridgehead atoms. The van der Waals surface area contributed by atoms with Gasteiger partial charge in [-0.3, -0.25) is 9.59 Å². The summed E-state index contributed by atoms with van der Waals surface area (Å²) in [6.45, 7) is 2.72. The van der Waals surface area contributed by atoms with Gasteiger partial charge in [-0.25, -0.2) is 0 Å². The van der Waals surface area contributed by atoms with Gasteiger partial charge in [0.25, 0.3) is 5.91 Å². The summed E-state index contributed by atoms with van der Waals surface area (Å²) >= 11 is 0. The highest BCUT2D eigenvalue weighted by Gasteiger charge is 2.31. The number of esters is 1. The molecule has 0 N–H and O–H groups in total. The molecule has 1 aromatic rings. The monoisotopic (exact) mass is 359 g/mol. The smallest absolute Gasteiger partial charge is 0.466 e. The number of carbonyl (C=O) groups excluding carboxylic acids is 2. The van der Waals surface area contributed by atoms with E-state index in [0.29, 0.717) is 12.5 Å². The Bertz CT molecular complexity index is 597. The van der Waals surface area contributed by atoms with Crippen molar-refractivity contribution in [3.05, 3.63) is 29.8 Å². The normalized spacial score (nSPS) is 14.1. The van der Waals surface area contributed by atoms with Crippen molar-refractivity contribution in [2.45, 2.75) is 32.5 Å². The zero-order valence-electron chi connectivity index (χ0n) is 13.8. The molecule has 25 heavy (non-hydrogen) atoms. The van der Waals surface area contributed by atoms with Crippen molar-refractivity contribution in [2.24, 2.45) is 5.92 Å². The summed E-state index contributed by atoms with van der Waals surface area (Å²) in [6.07, 6.45) is -2.63. The van der Waals surface area contributed by atoms with Gasteiger partial charge in [0, 0.05) is 18.7 Å². The lowest BCUT2D eigenvalue weighted by atomic mass is 10.1. The number of alkyl halides is 3. The second-order valence-electron chi connectivity index (χ2n) is 5.82. The molecule has 0 radical (unpaired) electrons. The fourth-order valence-corrected chi connectivity index (χ4v) is 2.33. The number of ether oxygens (including phenoxy) is 2. The fourth-order valence-electron chi connectivity index (χ4n) is 2.33. The average molecular weight is 359 g/mol. The Hall–Kier alpha value is -2.25. The van der Waals surface area contributed by atoms with Crippen LogP contribution in [-0.2, 0) is 9.53 Å². The first-order chi connectivity index (χ1) is 11.8. The third-order valence-electron chi connectivity index (χ3n) is 3.69. The molecule has 1 aliphatic carbocycles. The van der Waals surface area contributed by atoms with Gasteiger partial charge in [-0.15, -0.1) is 13.2 Å². The van der Waals surface area contributed by atoms with Crippen LogP contribution in [0.5, 0.6) is 5.75 Å². The lowest BCUT2D eigenvalue weighted by molar-refractivity contribution is -0.274. The predicted molar refractivity (Wildman–Crippen MR) is 83.0 cm³/mol. The number of hydrogen-bond acceptors (Lipinski definition) is 4. The van der Waals surface area contributed by atoms with Gasteiger partial charge in [-0.2, -0.15) is 0 Å². The van der Waals surface area contributed by atoms with Crippen LogP contribution >= 0.6 is 0 Å². The van der Waals surface area contributed by atoms with E-state index in [1.807, 2.05) is 0 Å². The van der Waals surface area contributed by atoms with Crippen LogP contribution in [0.1, 0.15) is 36.5 Å². The molecule has 0 aromatic heterocycles. The van der Waals surface area contributed by atoms with Crippen LogP contribution in [0, 0.1) is 5.92 Å². The van der Waals surface area contributed by atoms with Gasteiger partial charge in [0.1, 0.15) is 5.75 Å². The standard InChI is InChI=1S/C17H20F3NO4/c1-2-24-15(22)9-10-21(11-12-3-4-12)16(23)13-5-7-14(8-6-13)25-17(18,19)20/h5-8,12H,2-4,9-11H2,1H3. The Balaban J connectivity index is 2.00. The second kappa shape index (κ2) is 8.22. The zero-order valence-corrected chi connectivity index (χ0v) is 13.8. The molecule has 0 saturated heterocycles. The molecule has 0 aliphatic heterocycles. The van der Waals surface area contributed by atoms with Crippen molar-refractivity contribution >= 4 is 11.9 Å². The Morgan fingerprint density at radius 1 is 1.20 bits per heavy atom. The highest BCUT2D eigenvalue weighted by molar-refractivity contribution is 5.94. The minimum absolute atomic E-state index is 0.0849. The predicted octanol–water partition coefficient (Wildman–Crippen LogP) is 3.39. The van der Waals surface area contributed by atoms with E-state index < -0.39 is 6.36 Å². The Morgan fingerprint density at radius 2 is 1.84 bits per heavy atom. The number of rotatable bonds is 8. The van der Waals surface area contributed by atoms with E-state index in [2.05, 4.69) is 4.74 Å². The summed E-state index contributed by atoms with van der Waals surface area (Å²) in [4.78, 5) is 25.6. The minimum Gasteiger partial charge on any atom is -0.466 e. The van der Waals surface area contributed by atoms with Crippen LogP contribution < -0.4 is 4.74 Å². The first kappa shape index (κ1) is 19.1. The van der Waals surface area contributed by atoms with Crippen LogP contribution in [0.15, 0.2) is 24.3 Å². The third-order valence-corrected chi connectivity index (χ3v) is 3.69. The molecule has 0 unspecified atom stereocenters. The van der Waals surface area contributed by atoms with Crippen molar-refractivity contribution in [3.8, 4) is 5.75 Å². The molecular formula is C17H20F3NO4. The minimum atomic E-state index is -4.77. The highest BCUT2D eigenvalue weighted by Crippen LogP contribution is 2.30. The molecule has 0 spiro atoms. The number of benzene rings is 1. The Morgan fingerprint density at radius 3 is 2.36 bits per heavy atom. The van der Waals surface area contributed by atoms with Crippen LogP contribution in [0.2, 0.25) is 0 Å². The number of amides is 1. The number of carbonyl (C=O) groups is 2. The van der Waals surface area contributed by atoms with Gasteiger partial charge in [0.15, 0.2) is 0 Å². The van der Waals surface area contributed by atoms with Gasteiger partial charge < -0.3 is 14.4 Å². The molecule has 138 valence electrons. The second-order valence-corrected chi connectivity index (χ2v) is 5.82. The highest BCUT2D eigenvalue weighted by atomic mass is 19.4. The van der Waals surface area contributed by atoms with Crippen LogP contribution in [-0.4, -0.2) is 42.8 Å². The molecule has 1 aliphatic rings. The van der Waals surface area contributed by atoms with Gasteiger partial charge in [0.2, 0.25) is 0 Å². The molecule has 0 heterocycles. The van der Waals surface area contributed by atoms with E-state index in [9.17, 15) is 22.8 Å². The lowest BCUT2D eigenvalue weighted by Gasteiger charge is -2.22. The Kier molecular flexibility index (Phi) is 6.27. The SMILES string of the molecule is CCOC(=O)CCN(CC1CC1)C(=O)c1ccc(OC(F)(F)F)cc1. The van der Waals surface area contributed by atoms with Crippen molar-refractivity contribution in [1.29, 1.82) is 0 Å². The molecule has 0 atom stereocenters. The molecule has 2 rings (SSSR count). The van der Waals surface area contributed by atoms with E-state index in [1.165, 1.54) is 12.1 Å². The molecule has 8 heteroatoms. The number of hydrogen-bond donors (Lipinski definition) is 0. The molecule has 1 aromatic carbocycles. The maximum Gasteiger partial charge on any atom is 0.573 e. The summed E-state index contributed by atoms with van der Waals surface area (Å²) in [5, 5.41) is 0. The molecule has 1 saturated carbocycles. The quantitative estimate of drug-likeness (QED) is 0.668. The molecule has 5 nitrogen and oxygen atoms in total. The van der Waals surface area contributed by atoms with E-state index in [1.54, 1.807) is 11.8 Å². The summed E-state index contributed by atoms with van der Waals surface area (Å²) in [7, 11) is 0. The first-order valence-electron chi connectivity index (χ1n) is 8.09. The van der Waals surface area contributed by atoms with Crippen molar-refractivity contribution in [1.82, 2.24) is 4.90 Å². The summed E-state index contributed by atoms with van der Waals surface area (Å²) in [6, 6.07) is 4.77. The largest absolute Gasteiger partial charge is 0.573 e. The van der Waals surface area contributed by atoms with Crippen molar-refractivity contribution < 1.29 is 32.2 Å².